The Labute approximate surface area is 95.9 Å². The molecule has 0 unspecified atom stereocenters. The molecule has 5 heteroatoms. The number of rotatable bonds is 4. The quantitative estimate of drug-likeness (QED) is 0.486. The summed E-state index contributed by atoms with van der Waals surface area (Å²) in [4.78, 5) is 10.1. The Balaban J connectivity index is 3.08. The van der Waals surface area contributed by atoms with Gasteiger partial charge in [0.15, 0.2) is 0 Å². The molecule has 82 valence electrons. The van der Waals surface area contributed by atoms with Crippen molar-refractivity contribution in [3.05, 3.63) is 34.4 Å². The van der Waals surface area contributed by atoms with Gasteiger partial charge >= 0.3 is 95.9 Å². The van der Waals surface area contributed by atoms with E-state index in [1.807, 2.05) is 12.1 Å². The first-order chi connectivity index (χ1) is 7.03. The molecule has 0 atom stereocenters. The maximum absolute atomic E-state index is 10.5. The van der Waals surface area contributed by atoms with Crippen LogP contribution in [0.25, 0.3) is 0 Å². The van der Waals surface area contributed by atoms with Crippen molar-refractivity contribution >= 4 is 32.3 Å². The fraction of sp³-hybridized carbons (Fsp3) is 0.400. The molecule has 0 saturated carbocycles. The van der Waals surface area contributed by atoms with Gasteiger partial charge in [-0.05, 0) is 0 Å². The van der Waals surface area contributed by atoms with Crippen LogP contribution in [0.1, 0.15) is 13.8 Å². The summed E-state index contributed by atoms with van der Waals surface area (Å²) in [6.45, 7) is 4.23. The summed E-state index contributed by atoms with van der Waals surface area (Å²) in [5, 5.41) is 12.6. The van der Waals surface area contributed by atoms with E-state index in [0.29, 0.717) is 0 Å². The monoisotopic (exact) mass is 287 g/mol. The van der Waals surface area contributed by atoms with Crippen molar-refractivity contribution in [3.63, 3.8) is 0 Å². The van der Waals surface area contributed by atoms with Crippen LogP contribution in [0, 0.1) is 10.1 Å². The van der Waals surface area contributed by atoms with Gasteiger partial charge in [-0.15, -0.1) is 0 Å². The third-order valence-electron chi connectivity index (χ3n) is 2.55. The number of hydrogen-bond donors (Lipinski definition) is 0. The zero-order valence-corrected chi connectivity index (χ0v) is 11.5. The third-order valence-corrected chi connectivity index (χ3v) is 13.2. The summed E-state index contributed by atoms with van der Waals surface area (Å²) in [5.74, 6) is 0. The van der Waals surface area contributed by atoms with Gasteiger partial charge in [0, 0.05) is 0 Å². The summed E-state index contributed by atoms with van der Waals surface area (Å²) in [6, 6.07) is 6.79. The van der Waals surface area contributed by atoms with Crippen molar-refractivity contribution in [2.75, 3.05) is 0 Å². The molecule has 15 heavy (non-hydrogen) atoms. The molecule has 1 aromatic carbocycles. The molecule has 0 saturated heterocycles. The van der Waals surface area contributed by atoms with Crippen molar-refractivity contribution in [2.45, 2.75) is 24.3 Å². The van der Waals surface area contributed by atoms with Crippen LogP contribution in [-0.2, 0) is 0 Å². The van der Waals surface area contributed by atoms with Crippen molar-refractivity contribution < 1.29 is 4.92 Å². The molecule has 0 amide bonds. The molecule has 0 aromatic heterocycles. The molecule has 0 aliphatic carbocycles. The average molecular weight is 287 g/mol. The van der Waals surface area contributed by atoms with Crippen LogP contribution in [-0.4, -0.2) is 16.8 Å². The molecule has 0 fully saturated rings. The summed E-state index contributed by atoms with van der Waals surface area (Å²) >= 11 is -2.12. The third kappa shape index (κ3) is 2.70. The Bertz CT molecular complexity index is 394. The summed E-state index contributed by atoms with van der Waals surface area (Å²) in [5.41, 5.74) is 0.142. The molecule has 1 aromatic rings. The summed E-state index contributed by atoms with van der Waals surface area (Å²) in [6.07, 6.45) is 0. The Morgan fingerprint density at radius 1 is 1.27 bits per heavy atom. The number of nitrogens with zero attached hydrogens (tertiary/aromatic N) is 1. The molecule has 0 heterocycles. The molecule has 0 aliphatic rings. The van der Waals surface area contributed by atoms with E-state index in [2.05, 4.69) is 13.8 Å². The van der Waals surface area contributed by atoms with E-state index in [9.17, 15) is 10.1 Å². The van der Waals surface area contributed by atoms with E-state index < -0.39 is 11.9 Å². The van der Waals surface area contributed by atoms with Gasteiger partial charge in [-0.3, -0.25) is 0 Å². The van der Waals surface area contributed by atoms with Gasteiger partial charge in [0.2, 0.25) is 0 Å². The second-order valence-electron chi connectivity index (χ2n) is 3.30. The topological polar surface area (TPSA) is 43.1 Å². The second kappa shape index (κ2) is 4.95. The van der Waals surface area contributed by atoms with Crippen LogP contribution in [0.4, 0.5) is 5.69 Å². The van der Waals surface area contributed by atoms with Crippen molar-refractivity contribution in [3.8, 4) is 0 Å². The molecular weight excluding hydrogens is 273 g/mol. The van der Waals surface area contributed by atoms with Crippen LogP contribution in [0.2, 0.25) is 10.4 Å². The predicted octanol–water partition coefficient (Wildman–Crippen LogP) is 2.98. The standard InChI is InChI=1S/C10H14AsNO2S/c1-3-11(15,4-2)9-5-7-10(8-6-9)12(13)14/h5-8H,3-4H2,1-2H3. The maximum atomic E-state index is 10.5. The van der Waals surface area contributed by atoms with E-state index in [4.69, 9.17) is 10.4 Å². The first kappa shape index (κ1) is 12.5. The van der Waals surface area contributed by atoms with Crippen LogP contribution in [0.3, 0.4) is 0 Å². The van der Waals surface area contributed by atoms with Gasteiger partial charge in [-0.25, -0.2) is 0 Å². The van der Waals surface area contributed by atoms with E-state index in [0.717, 1.165) is 10.4 Å². The van der Waals surface area contributed by atoms with E-state index in [-0.39, 0.29) is 10.6 Å². The Morgan fingerprint density at radius 3 is 2.07 bits per heavy atom. The molecule has 3 nitrogen and oxygen atoms in total. The minimum atomic E-state index is -2.12. The Hall–Kier alpha value is -0.602. The number of nitro benzene ring substituents is 1. The van der Waals surface area contributed by atoms with Crippen LogP contribution in [0.15, 0.2) is 24.3 Å². The number of non-ortho nitro benzene ring substituents is 1. The number of hydrogen-bond acceptors (Lipinski definition) is 3. The molecule has 0 radical (unpaired) electrons. The summed E-state index contributed by atoms with van der Waals surface area (Å²) < 4.78 is 1.17. The first-order valence-electron chi connectivity index (χ1n) is 4.86. The number of benzene rings is 1. The van der Waals surface area contributed by atoms with Crippen molar-refractivity contribution in [1.29, 1.82) is 0 Å². The minimum absolute atomic E-state index is 0.142. The van der Waals surface area contributed by atoms with Crippen LogP contribution < -0.4 is 4.35 Å². The normalized spacial score (nSPS) is 11.3. The molecular formula is C10H14AsNO2S. The van der Waals surface area contributed by atoms with Crippen molar-refractivity contribution in [1.82, 2.24) is 0 Å². The molecule has 0 spiro atoms. The van der Waals surface area contributed by atoms with Gasteiger partial charge in [0.05, 0.1) is 0 Å². The fourth-order valence-corrected chi connectivity index (χ4v) is 5.99. The first-order valence-corrected chi connectivity index (χ1v) is 11.1. The van der Waals surface area contributed by atoms with Gasteiger partial charge in [-0.1, -0.05) is 0 Å². The number of nitro groups is 1. The van der Waals surface area contributed by atoms with Gasteiger partial charge in [0.25, 0.3) is 0 Å². The zero-order chi connectivity index (χ0) is 11.5. The SMILES string of the molecule is CC[As](=S)(CC)c1ccc([N+](=O)[O-])cc1. The summed E-state index contributed by atoms with van der Waals surface area (Å²) in [7, 11) is 5.68. The van der Waals surface area contributed by atoms with Crippen LogP contribution >= 0.6 is 10.4 Å². The van der Waals surface area contributed by atoms with Crippen molar-refractivity contribution in [2.24, 2.45) is 0 Å². The molecule has 1 rings (SSSR count). The van der Waals surface area contributed by atoms with E-state index in [1.54, 1.807) is 12.1 Å². The van der Waals surface area contributed by atoms with Gasteiger partial charge < -0.3 is 0 Å². The van der Waals surface area contributed by atoms with Crippen LogP contribution in [0.5, 0.6) is 0 Å². The Morgan fingerprint density at radius 2 is 1.73 bits per heavy atom. The van der Waals surface area contributed by atoms with E-state index in [1.165, 1.54) is 4.35 Å². The predicted molar refractivity (Wildman–Crippen MR) is 67.0 cm³/mol. The molecule has 0 aliphatic heterocycles. The second-order valence-corrected chi connectivity index (χ2v) is 14.4. The van der Waals surface area contributed by atoms with Gasteiger partial charge in [-0.2, -0.15) is 0 Å². The van der Waals surface area contributed by atoms with Gasteiger partial charge in [0.1, 0.15) is 0 Å². The van der Waals surface area contributed by atoms with E-state index >= 15 is 0 Å². The average Bonchev–Trinajstić information content (AvgIpc) is 2.28. The zero-order valence-electron chi connectivity index (χ0n) is 8.84. The molecule has 0 bridgehead atoms. The fourth-order valence-electron chi connectivity index (χ4n) is 1.43. The Kier molecular flexibility index (Phi) is 4.11. The molecule has 0 N–H and O–H groups in total.